The van der Waals surface area contributed by atoms with E-state index in [0.717, 1.165) is 6.04 Å². The first-order valence-electron chi connectivity index (χ1n) is 8.09. The van der Waals surface area contributed by atoms with Gasteiger partial charge in [0.2, 0.25) is 0 Å². The Morgan fingerprint density at radius 1 is 0.773 bits per heavy atom. The van der Waals surface area contributed by atoms with Gasteiger partial charge in [0.25, 0.3) is 0 Å². The average molecular weight is 387 g/mol. The van der Waals surface area contributed by atoms with Crippen LogP contribution in [0.1, 0.15) is 20.8 Å². The lowest BCUT2D eigenvalue weighted by Gasteiger charge is -2.41. The van der Waals surface area contributed by atoms with Crippen LogP contribution in [0.2, 0.25) is 45.3 Å². The number of rotatable bonds is 11. The summed E-state index contributed by atoms with van der Waals surface area (Å²) in [4.78, 5) is 0. The maximum atomic E-state index is 13.0. The molecule has 0 amide bonds. The summed E-state index contributed by atoms with van der Waals surface area (Å²) in [5, 5.41) is 0. The van der Waals surface area contributed by atoms with E-state index in [9.17, 15) is 4.57 Å². The highest BCUT2D eigenvalue weighted by Crippen LogP contribution is 2.51. The van der Waals surface area contributed by atoms with Gasteiger partial charge in [0.15, 0.2) is 16.6 Å². The lowest BCUT2D eigenvalue weighted by molar-refractivity contribution is 0.220. The molecule has 0 saturated heterocycles. The van der Waals surface area contributed by atoms with Crippen molar-refractivity contribution >= 4 is 32.8 Å². The van der Waals surface area contributed by atoms with E-state index >= 15 is 0 Å². The van der Waals surface area contributed by atoms with E-state index in [1.165, 1.54) is 0 Å². The van der Waals surface area contributed by atoms with Gasteiger partial charge in [-0.25, -0.2) is 0 Å². The van der Waals surface area contributed by atoms with Crippen molar-refractivity contribution in [2.75, 3.05) is 19.0 Å². The Morgan fingerprint density at radius 2 is 1.14 bits per heavy atom. The summed E-state index contributed by atoms with van der Waals surface area (Å²) in [5.74, 6) is 0.284. The first-order chi connectivity index (χ1) is 9.80. The van der Waals surface area contributed by atoms with Crippen LogP contribution in [-0.4, -0.2) is 44.2 Å². The molecular weight excluding hydrogens is 351 g/mol. The second-order valence-electron chi connectivity index (χ2n) is 7.30. The minimum Gasteiger partial charge on any atom is -0.436 e. The molecule has 0 rings (SSSR count). The Morgan fingerprint density at radius 3 is 1.36 bits per heavy atom. The van der Waals surface area contributed by atoms with Crippen LogP contribution in [-0.2, 0) is 21.8 Å². The van der Waals surface area contributed by atoms with Crippen molar-refractivity contribution in [3.8, 4) is 0 Å². The maximum absolute atomic E-state index is 13.0. The van der Waals surface area contributed by atoms with Gasteiger partial charge >= 0.3 is 16.2 Å². The van der Waals surface area contributed by atoms with E-state index in [4.69, 9.17) is 17.3 Å². The molecule has 0 unspecified atom stereocenters. The van der Waals surface area contributed by atoms with Crippen LogP contribution in [0, 0.1) is 0 Å². The molecule has 0 aromatic rings. The smallest absolute Gasteiger partial charge is 0.332 e. The predicted molar refractivity (Wildman–Crippen MR) is 101 cm³/mol. The third kappa shape index (κ3) is 9.12. The third-order valence-electron chi connectivity index (χ3n) is 2.61. The predicted octanol–water partition coefficient (Wildman–Crippen LogP) is 4.96. The molecule has 0 heterocycles. The molecule has 134 valence electrons. The molecule has 0 radical (unpaired) electrons. The molecule has 0 saturated carbocycles. The van der Waals surface area contributed by atoms with Crippen LogP contribution in [0.25, 0.3) is 0 Å². The van der Waals surface area contributed by atoms with Gasteiger partial charge in [-0.05, 0) is 59.2 Å². The molecule has 0 bridgehead atoms. The Hall–Kier alpha value is 0.721. The first kappa shape index (κ1) is 22.7. The van der Waals surface area contributed by atoms with Crippen molar-refractivity contribution in [2.24, 2.45) is 0 Å². The molecule has 0 aromatic heterocycles. The van der Waals surface area contributed by atoms with E-state index in [0.29, 0.717) is 13.2 Å². The quantitative estimate of drug-likeness (QED) is 0.371. The highest BCUT2D eigenvalue weighted by molar-refractivity contribution is 7.56. The van der Waals surface area contributed by atoms with Gasteiger partial charge in [-0.2, -0.15) is 0 Å². The summed E-state index contributed by atoms with van der Waals surface area (Å²) in [6.45, 7) is 19.3. The molecule has 0 N–H and O–H groups in total. The fourth-order valence-corrected chi connectivity index (χ4v) is 19.4. The van der Waals surface area contributed by atoms with Crippen LogP contribution in [0.15, 0.2) is 0 Å². The monoisotopic (exact) mass is 386 g/mol. The van der Waals surface area contributed by atoms with E-state index in [2.05, 4.69) is 46.2 Å². The van der Waals surface area contributed by atoms with Crippen molar-refractivity contribution in [3.05, 3.63) is 0 Å². The van der Waals surface area contributed by atoms with E-state index in [1.807, 2.05) is 13.8 Å². The summed E-state index contributed by atoms with van der Waals surface area (Å²) in [7, 11) is -9.48. The van der Waals surface area contributed by atoms with Crippen LogP contribution in [0.4, 0.5) is 0 Å². The summed E-state index contributed by atoms with van der Waals surface area (Å²) in [6.07, 6.45) is 0. The Bertz CT molecular complexity index is 353. The molecule has 0 aliphatic heterocycles. The largest absolute Gasteiger partial charge is 0.436 e. The molecule has 0 aliphatic carbocycles. The maximum Gasteiger partial charge on any atom is 0.332 e. The van der Waals surface area contributed by atoms with Crippen LogP contribution >= 0.6 is 7.60 Å². The van der Waals surface area contributed by atoms with E-state index < -0.39 is 32.8 Å². The molecule has 0 atom stereocenters. The topological polar surface area (TPSA) is 54.0 Å². The minimum absolute atomic E-state index is 0.284. The highest BCUT2D eigenvalue weighted by Gasteiger charge is 2.49. The van der Waals surface area contributed by atoms with Crippen LogP contribution in [0.3, 0.4) is 0 Å². The van der Waals surface area contributed by atoms with Gasteiger partial charge in [0.1, 0.15) is 0 Å². The first-order valence-corrected chi connectivity index (χ1v) is 18.9. The molecule has 0 aliphatic rings. The average Bonchev–Trinajstić information content (AvgIpc) is 2.24. The van der Waals surface area contributed by atoms with Gasteiger partial charge in [0, 0.05) is 0 Å². The number of hydrogen-bond acceptors (Lipinski definition) is 5. The number of hydrogen-bond donors (Lipinski definition) is 0. The fraction of sp³-hybridized carbons (Fsp3) is 1.00. The zero-order chi connectivity index (χ0) is 17.7. The molecule has 5 nitrogen and oxygen atoms in total. The molecular formula is C13H35O5PSi3. The minimum atomic E-state index is -3.17. The van der Waals surface area contributed by atoms with Crippen molar-refractivity contribution < 1.29 is 21.8 Å². The lowest BCUT2D eigenvalue weighted by atomic mass is 10.9. The summed E-state index contributed by atoms with van der Waals surface area (Å²) in [6, 6.07) is 0.756. The summed E-state index contributed by atoms with van der Waals surface area (Å²) < 4.78 is 37.0. The van der Waals surface area contributed by atoms with Gasteiger partial charge in [-0.15, -0.1) is 0 Å². The molecule has 0 spiro atoms. The van der Waals surface area contributed by atoms with Gasteiger partial charge < -0.3 is 17.3 Å². The summed E-state index contributed by atoms with van der Waals surface area (Å²) in [5.41, 5.74) is 0. The van der Waals surface area contributed by atoms with Gasteiger partial charge in [-0.3, -0.25) is 4.57 Å². The van der Waals surface area contributed by atoms with Crippen molar-refractivity contribution in [1.82, 2.24) is 0 Å². The van der Waals surface area contributed by atoms with Crippen LogP contribution < -0.4 is 0 Å². The van der Waals surface area contributed by atoms with Crippen molar-refractivity contribution in [3.63, 3.8) is 0 Å². The van der Waals surface area contributed by atoms with E-state index in [-0.39, 0.29) is 5.79 Å². The molecule has 9 heteroatoms. The van der Waals surface area contributed by atoms with E-state index in [1.54, 1.807) is 0 Å². The molecule has 0 aromatic carbocycles. The Labute approximate surface area is 140 Å². The van der Waals surface area contributed by atoms with Crippen LogP contribution in [0.5, 0.6) is 0 Å². The second kappa shape index (κ2) is 8.71. The standard InChI is InChI=1S/C13H35O5PSi3/c1-10-15-19(14,16-11-2)13-22(12-3,17-20(4,5)6)18-21(7,8)9/h10-13H2,1-9H3. The zero-order valence-electron chi connectivity index (χ0n) is 15.8. The lowest BCUT2D eigenvalue weighted by Crippen LogP contribution is -2.57. The molecule has 0 fully saturated rings. The SMILES string of the molecule is CCOP(=O)(C[Si](CC)(O[Si](C)(C)C)O[Si](C)(C)C)OCC. The van der Waals surface area contributed by atoms with Crippen molar-refractivity contribution in [1.29, 1.82) is 0 Å². The Kier molecular flexibility index (Phi) is 9.00. The normalized spacial score (nSPS) is 14.4. The van der Waals surface area contributed by atoms with Gasteiger partial charge in [-0.1, -0.05) is 6.92 Å². The zero-order valence-corrected chi connectivity index (χ0v) is 19.7. The summed E-state index contributed by atoms with van der Waals surface area (Å²) >= 11 is 0. The second-order valence-corrected chi connectivity index (χ2v) is 22.9. The molecule has 22 heavy (non-hydrogen) atoms. The van der Waals surface area contributed by atoms with Gasteiger partial charge in [0.05, 0.1) is 19.0 Å². The van der Waals surface area contributed by atoms with Crippen molar-refractivity contribution in [2.45, 2.75) is 66.1 Å². The fourth-order valence-electron chi connectivity index (χ4n) is 2.27. The third-order valence-corrected chi connectivity index (χ3v) is 16.3. The highest BCUT2D eigenvalue weighted by atomic mass is 31.2. The Balaban J connectivity index is 5.57.